The Hall–Kier alpha value is -2.03. The van der Waals surface area contributed by atoms with Crippen LogP contribution in [0, 0.1) is 12.7 Å². The van der Waals surface area contributed by atoms with Crippen molar-refractivity contribution < 1.29 is 9.13 Å². The molecule has 0 aliphatic heterocycles. The first-order valence-corrected chi connectivity index (χ1v) is 4.95. The van der Waals surface area contributed by atoms with Gasteiger partial charge < -0.3 is 10.5 Å². The van der Waals surface area contributed by atoms with Gasteiger partial charge in [-0.2, -0.15) is 0 Å². The van der Waals surface area contributed by atoms with Crippen molar-refractivity contribution in [2.45, 2.75) is 6.92 Å². The first kappa shape index (κ1) is 10.5. The molecular weight excluding hydrogens is 205 g/mol. The monoisotopic (exact) mass is 217 g/mol. The normalized spacial score (nSPS) is 10.1. The van der Waals surface area contributed by atoms with E-state index in [0.717, 1.165) is 5.56 Å². The summed E-state index contributed by atoms with van der Waals surface area (Å²) in [6, 6.07) is 11.6. The minimum atomic E-state index is -0.400. The molecule has 0 aromatic heterocycles. The Balaban J connectivity index is 2.31. The smallest absolute Gasteiger partial charge is 0.165 e. The van der Waals surface area contributed by atoms with Crippen molar-refractivity contribution in [3.8, 4) is 11.5 Å². The number of hydrogen-bond donors (Lipinski definition) is 1. The zero-order chi connectivity index (χ0) is 11.5. The largest absolute Gasteiger partial charge is 0.452 e. The summed E-state index contributed by atoms with van der Waals surface area (Å²) >= 11 is 0. The third-order valence-electron chi connectivity index (χ3n) is 2.22. The standard InChI is InChI=1S/C13H12FNO/c1-9-6-7-13(11(15)8-9)16-12-5-3-2-4-10(12)14/h2-8H,15H2,1H3. The van der Waals surface area contributed by atoms with Crippen LogP contribution in [0.1, 0.15) is 5.56 Å². The number of para-hydroxylation sites is 1. The molecule has 0 saturated heterocycles. The average molecular weight is 217 g/mol. The third kappa shape index (κ3) is 2.14. The minimum Gasteiger partial charge on any atom is -0.452 e. The van der Waals surface area contributed by atoms with Crippen LogP contribution in [0.25, 0.3) is 0 Å². The van der Waals surface area contributed by atoms with Gasteiger partial charge in [0.2, 0.25) is 0 Å². The fourth-order valence-electron chi connectivity index (χ4n) is 1.41. The van der Waals surface area contributed by atoms with Gasteiger partial charge in [-0.05, 0) is 36.8 Å². The van der Waals surface area contributed by atoms with Gasteiger partial charge in [0.1, 0.15) is 5.75 Å². The van der Waals surface area contributed by atoms with E-state index >= 15 is 0 Å². The summed E-state index contributed by atoms with van der Waals surface area (Å²) in [5, 5.41) is 0. The van der Waals surface area contributed by atoms with Crippen LogP contribution < -0.4 is 10.5 Å². The number of halogens is 1. The molecule has 2 N–H and O–H groups in total. The zero-order valence-corrected chi connectivity index (χ0v) is 8.91. The van der Waals surface area contributed by atoms with Gasteiger partial charge in [0.25, 0.3) is 0 Å². The highest BCUT2D eigenvalue weighted by Gasteiger charge is 2.05. The first-order valence-electron chi connectivity index (χ1n) is 4.95. The number of aryl methyl sites for hydroxylation is 1. The Kier molecular flexibility index (Phi) is 2.77. The van der Waals surface area contributed by atoms with Crippen LogP contribution in [0.4, 0.5) is 10.1 Å². The van der Waals surface area contributed by atoms with Gasteiger partial charge in [0.05, 0.1) is 5.69 Å². The quantitative estimate of drug-likeness (QED) is 0.781. The van der Waals surface area contributed by atoms with E-state index in [4.69, 9.17) is 10.5 Å². The number of anilines is 1. The van der Waals surface area contributed by atoms with Crippen molar-refractivity contribution in [2.75, 3.05) is 5.73 Å². The number of rotatable bonds is 2. The van der Waals surface area contributed by atoms with Gasteiger partial charge in [0, 0.05) is 0 Å². The molecule has 2 nitrogen and oxygen atoms in total. The summed E-state index contributed by atoms with van der Waals surface area (Å²) in [4.78, 5) is 0. The summed E-state index contributed by atoms with van der Waals surface area (Å²) in [6.45, 7) is 1.93. The van der Waals surface area contributed by atoms with Crippen molar-refractivity contribution in [3.63, 3.8) is 0 Å². The lowest BCUT2D eigenvalue weighted by Crippen LogP contribution is -1.94. The number of benzene rings is 2. The maximum atomic E-state index is 13.3. The minimum absolute atomic E-state index is 0.179. The van der Waals surface area contributed by atoms with Gasteiger partial charge >= 0.3 is 0 Å². The lowest BCUT2D eigenvalue weighted by atomic mass is 10.2. The Morgan fingerprint density at radius 3 is 2.50 bits per heavy atom. The molecule has 82 valence electrons. The number of hydrogen-bond acceptors (Lipinski definition) is 2. The van der Waals surface area contributed by atoms with Crippen molar-refractivity contribution in [1.29, 1.82) is 0 Å². The summed E-state index contributed by atoms with van der Waals surface area (Å²) in [5.41, 5.74) is 7.32. The summed E-state index contributed by atoms with van der Waals surface area (Å²) < 4.78 is 18.7. The average Bonchev–Trinajstić information content (AvgIpc) is 2.25. The highest BCUT2D eigenvalue weighted by molar-refractivity contribution is 5.55. The van der Waals surface area contributed by atoms with Crippen LogP contribution in [-0.2, 0) is 0 Å². The Morgan fingerprint density at radius 2 is 1.81 bits per heavy atom. The molecule has 0 amide bonds. The van der Waals surface area contributed by atoms with E-state index in [1.54, 1.807) is 30.3 Å². The Labute approximate surface area is 93.5 Å². The molecule has 0 fully saturated rings. The fourth-order valence-corrected chi connectivity index (χ4v) is 1.41. The molecule has 0 saturated carbocycles. The van der Waals surface area contributed by atoms with Crippen LogP contribution in [-0.4, -0.2) is 0 Å². The molecule has 2 rings (SSSR count). The van der Waals surface area contributed by atoms with Crippen LogP contribution in [0.3, 0.4) is 0 Å². The molecule has 0 unspecified atom stereocenters. The van der Waals surface area contributed by atoms with E-state index in [2.05, 4.69) is 0 Å². The second-order valence-corrected chi connectivity index (χ2v) is 3.57. The maximum Gasteiger partial charge on any atom is 0.165 e. The summed E-state index contributed by atoms with van der Waals surface area (Å²) in [5.74, 6) is 0.247. The SMILES string of the molecule is Cc1ccc(Oc2ccccc2F)c(N)c1. The molecule has 3 heteroatoms. The second kappa shape index (κ2) is 4.23. The van der Waals surface area contributed by atoms with Crippen molar-refractivity contribution >= 4 is 5.69 Å². The van der Waals surface area contributed by atoms with Gasteiger partial charge in [-0.15, -0.1) is 0 Å². The highest BCUT2D eigenvalue weighted by atomic mass is 19.1. The van der Waals surface area contributed by atoms with E-state index in [1.807, 2.05) is 13.0 Å². The van der Waals surface area contributed by atoms with E-state index in [-0.39, 0.29) is 5.75 Å². The zero-order valence-electron chi connectivity index (χ0n) is 8.91. The van der Waals surface area contributed by atoms with Crippen molar-refractivity contribution in [3.05, 3.63) is 53.8 Å². The predicted octanol–water partition coefficient (Wildman–Crippen LogP) is 3.51. The van der Waals surface area contributed by atoms with Crippen LogP contribution in [0.15, 0.2) is 42.5 Å². The topological polar surface area (TPSA) is 35.2 Å². The van der Waals surface area contributed by atoms with Gasteiger partial charge in [0.15, 0.2) is 11.6 Å². The molecule has 0 atom stereocenters. The number of nitrogens with two attached hydrogens (primary N) is 1. The van der Waals surface area contributed by atoms with E-state index in [1.165, 1.54) is 6.07 Å². The molecule has 0 bridgehead atoms. The highest BCUT2D eigenvalue weighted by Crippen LogP contribution is 2.29. The van der Waals surface area contributed by atoms with Crippen LogP contribution >= 0.6 is 0 Å². The third-order valence-corrected chi connectivity index (χ3v) is 2.22. The van der Waals surface area contributed by atoms with Gasteiger partial charge in [-0.3, -0.25) is 0 Å². The molecule has 0 spiro atoms. The number of ether oxygens (including phenoxy) is 1. The molecule has 0 heterocycles. The lowest BCUT2D eigenvalue weighted by Gasteiger charge is -2.09. The first-order chi connectivity index (χ1) is 7.66. The van der Waals surface area contributed by atoms with E-state index < -0.39 is 5.82 Å². The summed E-state index contributed by atoms with van der Waals surface area (Å²) in [7, 11) is 0. The van der Waals surface area contributed by atoms with E-state index in [9.17, 15) is 4.39 Å². The second-order valence-electron chi connectivity index (χ2n) is 3.57. The van der Waals surface area contributed by atoms with Gasteiger partial charge in [-0.1, -0.05) is 18.2 Å². The molecule has 2 aromatic rings. The van der Waals surface area contributed by atoms with Crippen LogP contribution in [0.2, 0.25) is 0 Å². The summed E-state index contributed by atoms with van der Waals surface area (Å²) in [6.07, 6.45) is 0. The van der Waals surface area contributed by atoms with Gasteiger partial charge in [-0.25, -0.2) is 4.39 Å². The molecule has 0 aliphatic rings. The van der Waals surface area contributed by atoms with Crippen molar-refractivity contribution in [1.82, 2.24) is 0 Å². The molecule has 0 radical (unpaired) electrons. The van der Waals surface area contributed by atoms with E-state index in [0.29, 0.717) is 11.4 Å². The fraction of sp³-hybridized carbons (Fsp3) is 0.0769. The molecular formula is C13H12FNO. The Morgan fingerprint density at radius 1 is 1.06 bits per heavy atom. The molecule has 2 aromatic carbocycles. The molecule has 0 aliphatic carbocycles. The maximum absolute atomic E-state index is 13.3. The van der Waals surface area contributed by atoms with Crippen molar-refractivity contribution in [2.24, 2.45) is 0 Å². The number of nitrogen functional groups attached to an aromatic ring is 1. The van der Waals surface area contributed by atoms with Crippen LogP contribution in [0.5, 0.6) is 11.5 Å². The molecule has 16 heavy (non-hydrogen) atoms. The Bertz CT molecular complexity index is 511. The predicted molar refractivity (Wildman–Crippen MR) is 62.1 cm³/mol. The lowest BCUT2D eigenvalue weighted by molar-refractivity contribution is 0.444.